The van der Waals surface area contributed by atoms with E-state index in [9.17, 15) is 19.8 Å². The normalized spacial score (nSPS) is 34.1. The quantitative estimate of drug-likeness (QED) is 0.593. The summed E-state index contributed by atoms with van der Waals surface area (Å²) < 4.78 is 4.94. The van der Waals surface area contributed by atoms with Crippen molar-refractivity contribution in [2.75, 3.05) is 7.11 Å². The Labute approximate surface area is 155 Å². The number of aliphatic hydroxyl groups excluding tert-OH is 1. The maximum Gasteiger partial charge on any atom is 0.333 e. The molecule has 2 aliphatic rings. The lowest BCUT2D eigenvalue weighted by Crippen LogP contribution is -2.35. The lowest BCUT2D eigenvalue weighted by atomic mass is 9.63. The van der Waals surface area contributed by atoms with Crippen molar-refractivity contribution in [2.24, 2.45) is 23.7 Å². The van der Waals surface area contributed by atoms with Crippen LogP contribution in [0.2, 0.25) is 0 Å². The molecule has 0 heterocycles. The van der Waals surface area contributed by atoms with Gasteiger partial charge >= 0.3 is 11.9 Å². The van der Waals surface area contributed by atoms with Crippen LogP contribution in [0.15, 0.2) is 35.5 Å². The summed E-state index contributed by atoms with van der Waals surface area (Å²) in [5.41, 5.74) is 1.62. The first kappa shape index (κ1) is 20.4. The van der Waals surface area contributed by atoms with Gasteiger partial charge in [0, 0.05) is 5.57 Å². The second-order valence-electron chi connectivity index (χ2n) is 7.73. The van der Waals surface area contributed by atoms with Crippen LogP contribution < -0.4 is 0 Å². The Morgan fingerprint density at radius 3 is 2.58 bits per heavy atom. The molecule has 0 bridgehead atoms. The molecule has 2 N–H and O–H groups in total. The molecule has 0 unspecified atom stereocenters. The molecule has 5 nitrogen and oxygen atoms in total. The Morgan fingerprint density at radius 1 is 1.31 bits per heavy atom. The number of fused-ring (bicyclic) bond motifs is 1. The number of allylic oxidation sites excluding steroid dienone is 3. The molecule has 2 aliphatic carbocycles. The number of aliphatic carboxylic acids is 1. The molecule has 0 spiro atoms. The highest BCUT2D eigenvalue weighted by Gasteiger charge is 2.38. The highest BCUT2D eigenvalue weighted by Crippen LogP contribution is 2.45. The number of esters is 1. The van der Waals surface area contributed by atoms with Gasteiger partial charge in [0.1, 0.15) is 0 Å². The zero-order valence-electron chi connectivity index (χ0n) is 15.9. The molecule has 26 heavy (non-hydrogen) atoms. The molecule has 5 heteroatoms. The van der Waals surface area contributed by atoms with E-state index in [1.54, 1.807) is 0 Å². The first-order valence-corrected chi connectivity index (χ1v) is 9.34. The molecule has 4 atom stereocenters. The molecule has 0 aromatic rings. The van der Waals surface area contributed by atoms with Crippen molar-refractivity contribution in [3.8, 4) is 0 Å². The van der Waals surface area contributed by atoms with Crippen LogP contribution >= 0.6 is 0 Å². The number of hydrogen-bond donors (Lipinski definition) is 2. The van der Waals surface area contributed by atoms with E-state index in [-0.39, 0.29) is 23.4 Å². The van der Waals surface area contributed by atoms with Gasteiger partial charge in [0.15, 0.2) is 0 Å². The Bertz CT molecular complexity index is 628. The average molecular weight is 362 g/mol. The summed E-state index contributed by atoms with van der Waals surface area (Å²) >= 11 is 0. The van der Waals surface area contributed by atoms with Gasteiger partial charge < -0.3 is 14.9 Å². The number of carbonyl (C=O) groups excluding carboxylic acids is 1. The standard InChI is InChI=1S/C21H30O5/c1-12(2)15-9-8-13(3)17-11-19(22)16(20(23)24)7-5-6-14(10-18(15)17)21(25)26-4/h7,10,12,15,17-19,22H,3,5-6,8-9,11H2,1-2,4H3,(H,23,24)/b14-10+,16-7-/t15-,17+,18+,19+/m0/s1. The zero-order chi connectivity index (χ0) is 19.4. The maximum absolute atomic E-state index is 12.2. The summed E-state index contributed by atoms with van der Waals surface area (Å²) in [6, 6.07) is 0. The molecular formula is C21H30O5. The SMILES string of the molecule is C=C1CC[C@@H](C(C)C)[C@H]2/C=C(/C(=O)OC)CC/C=C(\C(=O)O)[C@H](O)C[C@H]12. The fraction of sp³-hybridized carbons (Fsp3) is 0.619. The van der Waals surface area contributed by atoms with Crippen LogP contribution in [0.5, 0.6) is 0 Å². The smallest absolute Gasteiger partial charge is 0.333 e. The van der Waals surface area contributed by atoms with E-state index in [2.05, 4.69) is 20.4 Å². The molecule has 0 aliphatic heterocycles. The van der Waals surface area contributed by atoms with Gasteiger partial charge in [-0.3, -0.25) is 0 Å². The first-order chi connectivity index (χ1) is 12.3. The summed E-state index contributed by atoms with van der Waals surface area (Å²) in [6.07, 6.45) is 5.45. The van der Waals surface area contributed by atoms with Crippen LogP contribution in [-0.4, -0.2) is 35.4 Å². The van der Waals surface area contributed by atoms with Crippen molar-refractivity contribution >= 4 is 11.9 Å². The third-order valence-corrected chi connectivity index (χ3v) is 5.84. The van der Waals surface area contributed by atoms with Crippen molar-refractivity contribution in [1.29, 1.82) is 0 Å². The van der Waals surface area contributed by atoms with E-state index >= 15 is 0 Å². The van der Waals surface area contributed by atoms with E-state index in [0.29, 0.717) is 36.7 Å². The molecule has 0 aromatic carbocycles. The fourth-order valence-electron chi connectivity index (χ4n) is 4.38. The third kappa shape index (κ3) is 4.44. The van der Waals surface area contributed by atoms with Gasteiger partial charge in [0.05, 0.1) is 18.8 Å². The highest BCUT2D eigenvalue weighted by atomic mass is 16.5. The number of carboxylic acids is 1. The number of ether oxygens (including phenoxy) is 1. The van der Waals surface area contributed by atoms with Crippen molar-refractivity contribution in [2.45, 2.75) is 52.1 Å². The molecule has 1 saturated carbocycles. The number of hydrogen-bond acceptors (Lipinski definition) is 4. The Kier molecular flexibility index (Phi) is 6.81. The topological polar surface area (TPSA) is 83.8 Å². The minimum Gasteiger partial charge on any atom is -0.478 e. The van der Waals surface area contributed by atoms with Gasteiger partial charge in [-0.2, -0.15) is 0 Å². The third-order valence-electron chi connectivity index (χ3n) is 5.84. The number of carboxylic acid groups (broad SMARTS) is 1. The zero-order valence-corrected chi connectivity index (χ0v) is 15.9. The first-order valence-electron chi connectivity index (χ1n) is 9.34. The van der Waals surface area contributed by atoms with Crippen LogP contribution in [0.25, 0.3) is 0 Å². The van der Waals surface area contributed by atoms with Gasteiger partial charge in [-0.15, -0.1) is 0 Å². The van der Waals surface area contributed by atoms with Gasteiger partial charge in [0.2, 0.25) is 0 Å². The summed E-state index contributed by atoms with van der Waals surface area (Å²) in [5, 5.41) is 20.0. The maximum atomic E-state index is 12.2. The summed E-state index contributed by atoms with van der Waals surface area (Å²) in [6.45, 7) is 8.52. The number of methoxy groups -OCH3 is 1. The van der Waals surface area contributed by atoms with Crippen LogP contribution in [-0.2, 0) is 14.3 Å². The van der Waals surface area contributed by atoms with E-state index in [1.165, 1.54) is 13.2 Å². The molecule has 0 radical (unpaired) electrons. The van der Waals surface area contributed by atoms with Crippen LogP contribution in [0, 0.1) is 23.7 Å². The average Bonchev–Trinajstić information content (AvgIpc) is 2.58. The largest absolute Gasteiger partial charge is 0.478 e. The van der Waals surface area contributed by atoms with Crippen molar-refractivity contribution in [1.82, 2.24) is 0 Å². The van der Waals surface area contributed by atoms with E-state index in [0.717, 1.165) is 18.4 Å². The summed E-state index contributed by atoms with van der Waals surface area (Å²) in [7, 11) is 1.36. The molecular weight excluding hydrogens is 332 g/mol. The Hall–Kier alpha value is -1.88. The van der Waals surface area contributed by atoms with Gasteiger partial charge in [0.25, 0.3) is 0 Å². The van der Waals surface area contributed by atoms with Crippen LogP contribution in [0.3, 0.4) is 0 Å². The van der Waals surface area contributed by atoms with Crippen molar-refractivity contribution < 1.29 is 24.5 Å². The summed E-state index contributed by atoms with van der Waals surface area (Å²) in [4.78, 5) is 23.8. The fourth-order valence-corrected chi connectivity index (χ4v) is 4.38. The summed E-state index contributed by atoms with van der Waals surface area (Å²) in [5.74, 6) is -0.706. The van der Waals surface area contributed by atoms with Crippen molar-refractivity contribution in [3.05, 3.63) is 35.5 Å². The monoisotopic (exact) mass is 362 g/mol. The van der Waals surface area contributed by atoms with Gasteiger partial charge in [-0.05, 0) is 55.8 Å². The van der Waals surface area contributed by atoms with E-state index < -0.39 is 12.1 Å². The number of aliphatic hydroxyl groups is 1. The molecule has 1 fully saturated rings. The Balaban J connectivity index is 2.51. The number of carbonyl (C=O) groups is 2. The molecule has 0 aromatic heterocycles. The van der Waals surface area contributed by atoms with E-state index in [1.807, 2.05) is 6.08 Å². The minimum atomic E-state index is -1.11. The van der Waals surface area contributed by atoms with Gasteiger partial charge in [-0.25, -0.2) is 9.59 Å². The molecule has 0 amide bonds. The lowest BCUT2D eigenvalue weighted by Gasteiger charge is -2.41. The highest BCUT2D eigenvalue weighted by molar-refractivity contribution is 5.89. The van der Waals surface area contributed by atoms with Crippen LogP contribution in [0.4, 0.5) is 0 Å². The van der Waals surface area contributed by atoms with Gasteiger partial charge in [-0.1, -0.05) is 38.2 Å². The predicted octanol–water partition coefficient (Wildman–Crippen LogP) is 3.50. The molecule has 144 valence electrons. The second-order valence-corrected chi connectivity index (χ2v) is 7.73. The number of rotatable bonds is 3. The Morgan fingerprint density at radius 2 is 2.00 bits per heavy atom. The van der Waals surface area contributed by atoms with Crippen molar-refractivity contribution in [3.63, 3.8) is 0 Å². The second kappa shape index (κ2) is 8.67. The molecule has 0 saturated heterocycles. The van der Waals surface area contributed by atoms with Crippen LogP contribution in [0.1, 0.15) is 46.0 Å². The minimum absolute atomic E-state index is 0.00864. The lowest BCUT2D eigenvalue weighted by molar-refractivity contribution is -0.136. The molecule has 2 rings (SSSR count). The van der Waals surface area contributed by atoms with E-state index in [4.69, 9.17) is 4.74 Å². The predicted molar refractivity (Wildman–Crippen MR) is 99.4 cm³/mol.